The van der Waals surface area contributed by atoms with Gasteiger partial charge < -0.3 is 9.47 Å². The number of hydrogen-bond donors (Lipinski definition) is 1. The van der Waals surface area contributed by atoms with E-state index in [2.05, 4.69) is 15.0 Å². The summed E-state index contributed by atoms with van der Waals surface area (Å²) in [7, 11) is 1.10. The van der Waals surface area contributed by atoms with Gasteiger partial charge in [-0.05, 0) is 24.3 Å². The van der Waals surface area contributed by atoms with Crippen LogP contribution in [0.4, 0.5) is 23.8 Å². The maximum absolute atomic E-state index is 12.8. The number of hydrogen-bond acceptors (Lipinski definition) is 4. The number of carbonyl (C=O) groups excluding carboxylic acids is 1. The number of nitrogens with zero attached hydrogens (tertiary/aromatic N) is 1. The standard InChI is InChI=1S/C14H11F3N2O3/c1-21-10-7-8-11(18-12(10)14(15,16)17)19-13(20)22-9-5-3-2-4-6-9/h2-8H,1H3,(H,18,19,20). The first-order valence-corrected chi connectivity index (χ1v) is 6.06. The Morgan fingerprint density at radius 3 is 2.41 bits per heavy atom. The number of anilines is 1. The van der Waals surface area contributed by atoms with Crippen molar-refractivity contribution >= 4 is 11.9 Å². The minimum atomic E-state index is -4.70. The van der Waals surface area contributed by atoms with Crippen LogP contribution in [-0.4, -0.2) is 18.2 Å². The summed E-state index contributed by atoms with van der Waals surface area (Å²) in [6.45, 7) is 0. The first-order chi connectivity index (χ1) is 10.4. The van der Waals surface area contributed by atoms with Gasteiger partial charge in [0.1, 0.15) is 17.3 Å². The van der Waals surface area contributed by atoms with Gasteiger partial charge in [-0.3, -0.25) is 5.32 Å². The molecule has 2 rings (SSSR count). The Bertz CT molecular complexity index is 660. The fourth-order valence-electron chi connectivity index (χ4n) is 1.61. The molecule has 0 unspecified atom stereocenters. The Morgan fingerprint density at radius 1 is 1.14 bits per heavy atom. The van der Waals surface area contributed by atoms with Crippen LogP contribution in [0.2, 0.25) is 0 Å². The summed E-state index contributed by atoms with van der Waals surface area (Å²) in [6.07, 6.45) is -5.65. The lowest BCUT2D eigenvalue weighted by Crippen LogP contribution is -2.19. The molecule has 0 aliphatic carbocycles. The molecule has 8 heteroatoms. The van der Waals surface area contributed by atoms with Crippen molar-refractivity contribution in [3.05, 3.63) is 48.2 Å². The second-order valence-corrected chi connectivity index (χ2v) is 4.07. The normalized spacial score (nSPS) is 10.9. The van der Waals surface area contributed by atoms with E-state index in [4.69, 9.17) is 4.74 Å². The van der Waals surface area contributed by atoms with Crippen LogP contribution in [0, 0.1) is 0 Å². The van der Waals surface area contributed by atoms with Crippen molar-refractivity contribution in [2.45, 2.75) is 6.18 Å². The van der Waals surface area contributed by atoms with Gasteiger partial charge in [0.05, 0.1) is 7.11 Å². The Balaban J connectivity index is 2.14. The first kappa shape index (κ1) is 15.6. The van der Waals surface area contributed by atoms with Crippen LogP contribution in [0.25, 0.3) is 0 Å². The first-order valence-electron chi connectivity index (χ1n) is 6.06. The molecule has 1 amide bonds. The second-order valence-electron chi connectivity index (χ2n) is 4.07. The van der Waals surface area contributed by atoms with E-state index in [1.54, 1.807) is 18.2 Å². The van der Waals surface area contributed by atoms with Gasteiger partial charge in [0, 0.05) is 0 Å². The van der Waals surface area contributed by atoms with Crippen molar-refractivity contribution < 1.29 is 27.4 Å². The monoisotopic (exact) mass is 312 g/mol. The summed E-state index contributed by atoms with van der Waals surface area (Å²) in [6, 6.07) is 10.3. The predicted molar refractivity (Wildman–Crippen MR) is 71.9 cm³/mol. The quantitative estimate of drug-likeness (QED) is 0.938. The Morgan fingerprint density at radius 2 is 1.82 bits per heavy atom. The van der Waals surface area contributed by atoms with E-state index in [9.17, 15) is 18.0 Å². The van der Waals surface area contributed by atoms with E-state index < -0.39 is 23.7 Å². The van der Waals surface area contributed by atoms with E-state index in [0.717, 1.165) is 13.2 Å². The molecule has 0 spiro atoms. The fourth-order valence-corrected chi connectivity index (χ4v) is 1.61. The number of halogens is 3. The molecule has 0 saturated heterocycles. The number of aromatic nitrogens is 1. The average Bonchev–Trinajstić information content (AvgIpc) is 2.47. The third kappa shape index (κ3) is 3.87. The number of carbonyl (C=O) groups is 1. The molecule has 0 aliphatic heterocycles. The smallest absolute Gasteiger partial charge is 0.437 e. The Hall–Kier alpha value is -2.77. The zero-order chi connectivity index (χ0) is 16.2. The molecular formula is C14H11F3N2O3. The topological polar surface area (TPSA) is 60.5 Å². The third-order valence-electron chi connectivity index (χ3n) is 2.53. The lowest BCUT2D eigenvalue weighted by atomic mass is 10.3. The highest BCUT2D eigenvalue weighted by atomic mass is 19.4. The number of pyridine rings is 1. The Kier molecular flexibility index (Phi) is 4.50. The maximum Gasteiger partial charge on any atom is 0.437 e. The number of benzene rings is 1. The van der Waals surface area contributed by atoms with Crippen LogP contribution in [0.1, 0.15) is 5.69 Å². The number of methoxy groups -OCH3 is 1. The number of nitrogens with one attached hydrogen (secondary N) is 1. The van der Waals surface area contributed by atoms with E-state index in [-0.39, 0.29) is 11.6 Å². The van der Waals surface area contributed by atoms with Crippen LogP contribution in [0.15, 0.2) is 42.5 Å². The lowest BCUT2D eigenvalue weighted by molar-refractivity contribution is -0.142. The van der Waals surface area contributed by atoms with E-state index in [1.165, 1.54) is 18.2 Å². The largest absolute Gasteiger partial charge is 0.494 e. The highest BCUT2D eigenvalue weighted by Gasteiger charge is 2.36. The molecule has 5 nitrogen and oxygen atoms in total. The van der Waals surface area contributed by atoms with Crippen molar-refractivity contribution in [2.24, 2.45) is 0 Å². The van der Waals surface area contributed by atoms with Gasteiger partial charge in [0.2, 0.25) is 0 Å². The van der Waals surface area contributed by atoms with Crippen LogP contribution in [0.5, 0.6) is 11.5 Å². The molecule has 0 atom stereocenters. The van der Waals surface area contributed by atoms with Crippen molar-refractivity contribution in [2.75, 3.05) is 12.4 Å². The Labute approximate surface area is 123 Å². The SMILES string of the molecule is COc1ccc(NC(=O)Oc2ccccc2)nc1C(F)(F)F. The van der Waals surface area contributed by atoms with E-state index in [1.807, 2.05) is 0 Å². The van der Waals surface area contributed by atoms with Crippen molar-refractivity contribution in [3.63, 3.8) is 0 Å². The van der Waals surface area contributed by atoms with Gasteiger partial charge in [-0.25, -0.2) is 9.78 Å². The minimum absolute atomic E-state index is 0.254. The molecule has 0 bridgehead atoms. The van der Waals surface area contributed by atoms with Crippen LogP contribution in [-0.2, 0) is 6.18 Å². The number of rotatable bonds is 3. The van der Waals surface area contributed by atoms with Gasteiger partial charge >= 0.3 is 12.3 Å². The minimum Gasteiger partial charge on any atom is -0.494 e. The molecular weight excluding hydrogens is 301 g/mol. The van der Waals surface area contributed by atoms with Gasteiger partial charge in [-0.1, -0.05) is 18.2 Å². The van der Waals surface area contributed by atoms with Crippen LogP contribution < -0.4 is 14.8 Å². The van der Waals surface area contributed by atoms with Crippen molar-refractivity contribution in [1.29, 1.82) is 0 Å². The molecule has 1 N–H and O–H groups in total. The number of amides is 1. The molecule has 116 valence electrons. The molecule has 0 radical (unpaired) electrons. The fraction of sp³-hybridized carbons (Fsp3) is 0.143. The van der Waals surface area contributed by atoms with Crippen molar-refractivity contribution in [3.8, 4) is 11.5 Å². The molecule has 0 saturated carbocycles. The summed E-state index contributed by atoms with van der Waals surface area (Å²) in [5, 5.41) is 2.13. The zero-order valence-corrected chi connectivity index (χ0v) is 11.3. The molecule has 22 heavy (non-hydrogen) atoms. The molecule has 1 heterocycles. The van der Waals surface area contributed by atoms with E-state index in [0.29, 0.717) is 0 Å². The number of para-hydroxylation sites is 1. The highest BCUT2D eigenvalue weighted by molar-refractivity contribution is 5.85. The second kappa shape index (κ2) is 6.33. The molecule has 0 fully saturated rings. The molecule has 2 aromatic rings. The summed E-state index contributed by atoms with van der Waals surface area (Å²) in [5.74, 6) is -0.479. The van der Waals surface area contributed by atoms with Gasteiger partial charge in [0.15, 0.2) is 5.69 Å². The van der Waals surface area contributed by atoms with Crippen molar-refractivity contribution in [1.82, 2.24) is 4.98 Å². The summed E-state index contributed by atoms with van der Waals surface area (Å²) < 4.78 is 47.9. The van der Waals surface area contributed by atoms with Crippen LogP contribution >= 0.6 is 0 Å². The predicted octanol–water partition coefficient (Wildman–Crippen LogP) is 3.72. The summed E-state index contributed by atoms with van der Waals surface area (Å²) in [5.41, 5.74) is -1.23. The van der Waals surface area contributed by atoms with Crippen LogP contribution in [0.3, 0.4) is 0 Å². The maximum atomic E-state index is 12.8. The number of alkyl halides is 3. The van der Waals surface area contributed by atoms with Gasteiger partial charge in [0.25, 0.3) is 0 Å². The average molecular weight is 312 g/mol. The summed E-state index contributed by atoms with van der Waals surface area (Å²) in [4.78, 5) is 14.9. The zero-order valence-electron chi connectivity index (χ0n) is 11.3. The lowest BCUT2D eigenvalue weighted by Gasteiger charge is -2.12. The molecule has 1 aromatic carbocycles. The van der Waals surface area contributed by atoms with E-state index >= 15 is 0 Å². The number of ether oxygens (including phenoxy) is 2. The molecule has 0 aliphatic rings. The van der Waals surface area contributed by atoms with Gasteiger partial charge in [-0.2, -0.15) is 13.2 Å². The molecule has 1 aromatic heterocycles. The summed E-state index contributed by atoms with van der Waals surface area (Å²) >= 11 is 0. The van der Waals surface area contributed by atoms with Gasteiger partial charge in [-0.15, -0.1) is 0 Å². The third-order valence-corrected chi connectivity index (χ3v) is 2.53. The highest BCUT2D eigenvalue weighted by Crippen LogP contribution is 2.35.